The molecule has 4 bridgehead atoms. The van der Waals surface area contributed by atoms with Crippen molar-refractivity contribution in [3.63, 3.8) is 0 Å². The summed E-state index contributed by atoms with van der Waals surface area (Å²) in [6.45, 7) is 9.92. The van der Waals surface area contributed by atoms with E-state index in [2.05, 4.69) is 33.6 Å². The summed E-state index contributed by atoms with van der Waals surface area (Å²) in [5, 5.41) is 30.5. The van der Waals surface area contributed by atoms with Gasteiger partial charge < -0.3 is 20.5 Å². The second-order valence-electron chi connectivity index (χ2n) is 14.3. The lowest BCUT2D eigenvalue weighted by molar-refractivity contribution is -0.153. The minimum absolute atomic E-state index is 0.101. The first-order valence-corrected chi connectivity index (χ1v) is 17.3. The number of nitrogens with one attached hydrogen (secondary N) is 3. The summed E-state index contributed by atoms with van der Waals surface area (Å²) in [6.07, 6.45) is 8.99. The number of para-hydroxylation sites is 1. The Labute approximate surface area is 279 Å². The SMILES string of the molecule is C/C(NCC12CC3CC(C1)C(NCC1CCC(O)CC1)C(C3)C2)=C(C#N)\C=N/C(C)NCc1ccccc1OCC(F)(F)F.C=CC. The molecule has 0 aliphatic heterocycles. The molecule has 0 radical (unpaired) electrons. The topological polar surface area (TPSA) is 102 Å². The normalized spacial score (nSPS) is 30.9. The third-order valence-electron chi connectivity index (χ3n) is 10.5. The van der Waals surface area contributed by atoms with Crippen LogP contribution in [0.15, 0.2) is 53.2 Å². The number of nitriles is 1. The summed E-state index contributed by atoms with van der Waals surface area (Å²) in [5.74, 6) is 3.11. The van der Waals surface area contributed by atoms with Crippen molar-refractivity contribution in [2.75, 3.05) is 19.7 Å². The maximum Gasteiger partial charge on any atom is 0.422 e. The first-order valence-electron chi connectivity index (χ1n) is 17.3. The fourth-order valence-electron chi connectivity index (χ4n) is 8.47. The molecular formula is C37H54F3N5O2. The molecule has 0 spiro atoms. The third-order valence-corrected chi connectivity index (χ3v) is 10.5. The molecule has 0 amide bonds. The lowest BCUT2D eigenvalue weighted by Crippen LogP contribution is -2.60. The van der Waals surface area contributed by atoms with E-state index in [4.69, 9.17) is 4.74 Å². The van der Waals surface area contributed by atoms with Gasteiger partial charge in [0.2, 0.25) is 0 Å². The van der Waals surface area contributed by atoms with Crippen LogP contribution in [-0.4, -0.2) is 55.5 Å². The van der Waals surface area contributed by atoms with E-state index in [1.54, 1.807) is 30.5 Å². The molecule has 5 aliphatic carbocycles. The molecule has 5 saturated carbocycles. The van der Waals surface area contributed by atoms with Gasteiger partial charge in [-0.15, -0.1) is 6.58 Å². The number of nitrogens with zero attached hydrogens (tertiary/aromatic N) is 2. The Morgan fingerprint density at radius 3 is 2.47 bits per heavy atom. The van der Waals surface area contributed by atoms with Gasteiger partial charge >= 0.3 is 6.18 Å². The standard InChI is InChI=1S/C34H48F3N5O2.C3H6/c1-22(29(16-38)19-40-23(2)39-18-26-5-3-4-6-31(26)44-21-34(35,36)37)42-20-33-13-25-11-27(14-33)32(28(12-25)15-33)41-17-24-7-9-30(43)10-8-24;1-3-2/h3-6,19,23-25,27-28,30,32,39,41-43H,7-15,17-18,20-21H2,1-2H3;3H,1H2,2H3/b29-22+,40-19-;. The zero-order valence-electron chi connectivity index (χ0n) is 28.3. The molecule has 0 heterocycles. The number of hydrogen-bond acceptors (Lipinski definition) is 7. The predicted octanol–water partition coefficient (Wildman–Crippen LogP) is 7.05. The van der Waals surface area contributed by atoms with Crippen LogP contribution in [0, 0.1) is 40.4 Å². The number of aliphatic hydroxyl groups is 1. The van der Waals surface area contributed by atoms with Crippen LogP contribution < -0.4 is 20.7 Å². The molecule has 5 aliphatic rings. The fourth-order valence-corrected chi connectivity index (χ4v) is 8.47. The second kappa shape index (κ2) is 17.0. The lowest BCUT2D eigenvalue weighted by Gasteiger charge is -2.60. The molecule has 47 heavy (non-hydrogen) atoms. The van der Waals surface area contributed by atoms with E-state index in [1.165, 1.54) is 38.2 Å². The molecule has 3 atom stereocenters. The van der Waals surface area contributed by atoms with Gasteiger partial charge in [-0.2, -0.15) is 18.4 Å². The Balaban J connectivity index is 0.00000160. The van der Waals surface area contributed by atoms with Crippen LogP contribution in [0.5, 0.6) is 5.75 Å². The van der Waals surface area contributed by atoms with Gasteiger partial charge in [-0.1, -0.05) is 24.3 Å². The Hall–Kier alpha value is -2.87. The van der Waals surface area contributed by atoms with Crippen LogP contribution in [0.1, 0.15) is 84.1 Å². The molecule has 3 unspecified atom stereocenters. The fraction of sp³-hybridized carbons (Fsp3) is 0.676. The number of benzene rings is 1. The number of rotatable bonds is 13. The highest BCUT2D eigenvalue weighted by molar-refractivity contribution is 5.84. The van der Waals surface area contributed by atoms with E-state index in [0.717, 1.165) is 62.2 Å². The van der Waals surface area contributed by atoms with Crippen LogP contribution in [0.3, 0.4) is 0 Å². The van der Waals surface area contributed by atoms with Crippen LogP contribution in [0.25, 0.3) is 0 Å². The number of alkyl halides is 3. The first-order chi connectivity index (χ1) is 22.4. The van der Waals surface area contributed by atoms with Gasteiger partial charge in [-0.3, -0.25) is 10.3 Å². The van der Waals surface area contributed by atoms with Crippen molar-refractivity contribution in [1.29, 1.82) is 5.26 Å². The highest BCUT2D eigenvalue weighted by Gasteiger charge is 2.55. The van der Waals surface area contributed by atoms with Crippen LogP contribution in [0.4, 0.5) is 13.2 Å². The summed E-state index contributed by atoms with van der Waals surface area (Å²) < 4.78 is 42.8. The smallest absolute Gasteiger partial charge is 0.422 e. The van der Waals surface area contributed by atoms with Crippen LogP contribution in [-0.2, 0) is 6.54 Å². The van der Waals surface area contributed by atoms with Gasteiger partial charge in [0.05, 0.1) is 17.8 Å². The Kier molecular flexibility index (Phi) is 13.4. The van der Waals surface area contributed by atoms with Gasteiger partial charge in [-0.05, 0) is 120 Å². The number of ether oxygens (including phenoxy) is 1. The Bertz CT molecular complexity index is 1250. The average Bonchev–Trinajstić information content (AvgIpc) is 3.03. The molecule has 1 aromatic rings. The number of halogens is 3. The van der Waals surface area contributed by atoms with Gasteiger partial charge in [-0.25, -0.2) is 0 Å². The third kappa shape index (κ3) is 10.8. The predicted molar refractivity (Wildman–Crippen MR) is 181 cm³/mol. The van der Waals surface area contributed by atoms with E-state index < -0.39 is 12.8 Å². The molecule has 1 aromatic carbocycles. The summed E-state index contributed by atoms with van der Waals surface area (Å²) in [4.78, 5) is 4.49. The minimum atomic E-state index is -4.40. The van der Waals surface area contributed by atoms with Crippen molar-refractivity contribution in [3.8, 4) is 11.8 Å². The molecule has 260 valence electrons. The van der Waals surface area contributed by atoms with Gasteiger partial charge in [0, 0.05) is 36.6 Å². The number of aliphatic imine (C=N–C) groups is 1. The van der Waals surface area contributed by atoms with Crippen LogP contribution in [0.2, 0.25) is 0 Å². The van der Waals surface area contributed by atoms with Crippen molar-refractivity contribution >= 4 is 6.21 Å². The number of hydrogen-bond donors (Lipinski definition) is 4. The molecule has 6 rings (SSSR count). The monoisotopic (exact) mass is 657 g/mol. The maximum absolute atomic E-state index is 12.6. The summed E-state index contributed by atoms with van der Waals surface area (Å²) in [5.41, 5.74) is 2.18. The van der Waals surface area contributed by atoms with E-state index in [9.17, 15) is 23.5 Å². The summed E-state index contributed by atoms with van der Waals surface area (Å²) >= 11 is 0. The number of aliphatic hydroxyl groups excluding tert-OH is 1. The summed E-state index contributed by atoms with van der Waals surface area (Å²) in [6, 6.07) is 9.52. The highest BCUT2D eigenvalue weighted by atomic mass is 19.4. The zero-order valence-corrected chi connectivity index (χ0v) is 28.3. The van der Waals surface area contributed by atoms with Crippen molar-refractivity contribution in [2.45, 2.75) is 110 Å². The Morgan fingerprint density at radius 2 is 1.83 bits per heavy atom. The van der Waals surface area contributed by atoms with Crippen molar-refractivity contribution < 1.29 is 23.0 Å². The van der Waals surface area contributed by atoms with Gasteiger partial charge in [0.1, 0.15) is 11.8 Å². The van der Waals surface area contributed by atoms with E-state index >= 15 is 0 Å². The Morgan fingerprint density at radius 1 is 1.17 bits per heavy atom. The molecular weight excluding hydrogens is 603 g/mol. The zero-order chi connectivity index (χ0) is 34.0. The van der Waals surface area contributed by atoms with Gasteiger partial charge in [0.25, 0.3) is 0 Å². The second-order valence-corrected chi connectivity index (χ2v) is 14.3. The van der Waals surface area contributed by atoms with Crippen molar-refractivity contribution in [3.05, 3.63) is 53.8 Å². The molecule has 10 heteroatoms. The molecule has 5 fully saturated rings. The van der Waals surface area contributed by atoms with E-state index in [-0.39, 0.29) is 30.0 Å². The average molecular weight is 658 g/mol. The molecule has 0 aromatic heterocycles. The van der Waals surface area contributed by atoms with Crippen LogP contribution >= 0.6 is 0 Å². The van der Waals surface area contributed by atoms with Crippen molar-refractivity contribution in [1.82, 2.24) is 16.0 Å². The maximum atomic E-state index is 12.6. The lowest BCUT2D eigenvalue weighted by atomic mass is 9.48. The first kappa shape index (κ1) is 37.0. The molecule has 0 saturated heterocycles. The molecule has 4 N–H and O–H groups in total. The number of allylic oxidation sites excluding steroid dienone is 3. The quantitative estimate of drug-likeness (QED) is 0.103. The van der Waals surface area contributed by atoms with Gasteiger partial charge in [0.15, 0.2) is 6.61 Å². The summed E-state index contributed by atoms with van der Waals surface area (Å²) in [7, 11) is 0. The van der Waals surface area contributed by atoms with Crippen molar-refractivity contribution in [2.24, 2.45) is 34.1 Å². The molecule has 7 nitrogen and oxygen atoms in total. The largest absolute Gasteiger partial charge is 0.484 e. The van der Waals surface area contributed by atoms with E-state index in [1.807, 2.05) is 20.8 Å². The minimum Gasteiger partial charge on any atom is -0.484 e. The highest BCUT2D eigenvalue weighted by Crippen LogP contribution is 2.59. The van der Waals surface area contributed by atoms with E-state index in [0.29, 0.717) is 23.1 Å².